The molecule has 2 heterocycles. The minimum Gasteiger partial charge on any atom is -0.340 e. The second kappa shape index (κ2) is 6.21. The molecule has 1 atom stereocenters. The average Bonchev–Trinajstić information content (AvgIpc) is 3.17. The molecule has 0 bridgehead atoms. The van der Waals surface area contributed by atoms with Crippen molar-refractivity contribution in [2.75, 3.05) is 26.2 Å². The first-order valence-electron chi connectivity index (χ1n) is 8.28. The normalized spacial score (nSPS) is 23.2. The molecule has 0 saturated carbocycles. The van der Waals surface area contributed by atoms with Crippen LogP contribution in [-0.2, 0) is 10.2 Å². The summed E-state index contributed by atoms with van der Waals surface area (Å²) >= 11 is 6.31. The first kappa shape index (κ1) is 15.8. The Morgan fingerprint density at radius 1 is 1.18 bits per heavy atom. The lowest BCUT2D eigenvalue weighted by atomic mass is 9.83. The summed E-state index contributed by atoms with van der Waals surface area (Å²) in [5.41, 5.74) is 0.351. The van der Waals surface area contributed by atoms with Gasteiger partial charge in [-0.25, -0.2) is 0 Å². The average molecular weight is 321 g/mol. The number of halogens is 1. The summed E-state index contributed by atoms with van der Waals surface area (Å²) in [7, 11) is 0. The maximum absolute atomic E-state index is 13.0. The second-order valence-corrected chi connectivity index (χ2v) is 7.45. The molecule has 0 aliphatic carbocycles. The molecular weight excluding hydrogens is 296 g/mol. The highest BCUT2D eigenvalue weighted by atomic mass is 35.5. The topological polar surface area (TPSA) is 23.6 Å². The fraction of sp³-hybridized carbons (Fsp3) is 0.611. The molecule has 0 spiro atoms. The molecule has 2 aliphatic heterocycles. The van der Waals surface area contributed by atoms with E-state index in [4.69, 9.17) is 11.6 Å². The van der Waals surface area contributed by atoms with Crippen molar-refractivity contribution in [3.63, 3.8) is 0 Å². The summed E-state index contributed by atoms with van der Waals surface area (Å²) in [6.07, 6.45) is 3.70. The molecule has 1 aromatic carbocycles. The van der Waals surface area contributed by atoms with Crippen LogP contribution in [0.15, 0.2) is 24.3 Å². The predicted octanol–water partition coefficient (Wildman–Crippen LogP) is 3.31. The van der Waals surface area contributed by atoms with Crippen LogP contribution in [0.4, 0.5) is 0 Å². The molecule has 3 nitrogen and oxygen atoms in total. The molecule has 1 amide bonds. The Morgan fingerprint density at radius 2 is 1.86 bits per heavy atom. The summed E-state index contributed by atoms with van der Waals surface area (Å²) in [6, 6.07) is 8.24. The molecule has 2 fully saturated rings. The SMILES string of the molecule is CC(C)(C(=O)N1CCC(N2CCCC2)C1)c1ccccc1Cl. The lowest BCUT2D eigenvalue weighted by Crippen LogP contribution is -2.44. The zero-order valence-electron chi connectivity index (χ0n) is 13.5. The summed E-state index contributed by atoms with van der Waals surface area (Å²) in [6.45, 7) is 8.10. The van der Waals surface area contributed by atoms with Crippen LogP contribution in [0.25, 0.3) is 0 Å². The maximum Gasteiger partial charge on any atom is 0.232 e. The van der Waals surface area contributed by atoms with Crippen molar-refractivity contribution >= 4 is 17.5 Å². The van der Waals surface area contributed by atoms with Gasteiger partial charge in [-0.2, -0.15) is 0 Å². The van der Waals surface area contributed by atoms with Crippen molar-refractivity contribution in [2.24, 2.45) is 0 Å². The van der Waals surface area contributed by atoms with Crippen LogP contribution in [0, 0.1) is 0 Å². The van der Waals surface area contributed by atoms with Gasteiger partial charge in [-0.3, -0.25) is 9.69 Å². The van der Waals surface area contributed by atoms with E-state index in [0.717, 1.165) is 25.1 Å². The van der Waals surface area contributed by atoms with Crippen molar-refractivity contribution in [3.8, 4) is 0 Å². The minimum absolute atomic E-state index is 0.197. The molecule has 4 heteroatoms. The van der Waals surface area contributed by atoms with Gasteiger partial charge in [0.25, 0.3) is 0 Å². The van der Waals surface area contributed by atoms with Crippen molar-refractivity contribution in [3.05, 3.63) is 34.9 Å². The third kappa shape index (κ3) is 2.89. The van der Waals surface area contributed by atoms with Gasteiger partial charge in [0.15, 0.2) is 0 Å². The lowest BCUT2D eigenvalue weighted by molar-refractivity contribution is -0.135. The van der Waals surface area contributed by atoms with Gasteiger partial charge < -0.3 is 4.90 Å². The van der Waals surface area contributed by atoms with Crippen molar-refractivity contribution in [1.82, 2.24) is 9.80 Å². The van der Waals surface area contributed by atoms with Crippen LogP contribution in [0.1, 0.15) is 38.7 Å². The van der Waals surface area contributed by atoms with E-state index in [1.54, 1.807) is 0 Å². The Hall–Kier alpha value is -1.06. The van der Waals surface area contributed by atoms with Gasteiger partial charge in [-0.15, -0.1) is 0 Å². The molecule has 0 aromatic heterocycles. The number of hydrogen-bond acceptors (Lipinski definition) is 2. The maximum atomic E-state index is 13.0. The monoisotopic (exact) mass is 320 g/mol. The van der Waals surface area contributed by atoms with Crippen LogP contribution >= 0.6 is 11.6 Å². The van der Waals surface area contributed by atoms with Gasteiger partial charge in [0.05, 0.1) is 5.41 Å². The number of likely N-dealkylation sites (tertiary alicyclic amines) is 2. The van der Waals surface area contributed by atoms with Crippen LogP contribution in [0.3, 0.4) is 0 Å². The molecule has 120 valence electrons. The summed E-state index contributed by atoms with van der Waals surface area (Å²) in [5.74, 6) is 0.197. The van der Waals surface area contributed by atoms with Gasteiger partial charge in [0, 0.05) is 24.2 Å². The third-order valence-electron chi connectivity index (χ3n) is 5.19. The molecule has 0 radical (unpaired) electrons. The fourth-order valence-electron chi connectivity index (χ4n) is 3.81. The predicted molar refractivity (Wildman–Crippen MR) is 90.3 cm³/mol. The van der Waals surface area contributed by atoms with Gasteiger partial charge in [-0.1, -0.05) is 29.8 Å². The van der Waals surface area contributed by atoms with Gasteiger partial charge in [0.1, 0.15) is 0 Å². The van der Waals surface area contributed by atoms with Crippen LogP contribution < -0.4 is 0 Å². The minimum atomic E-state index is -0.571. The van der Waals surface area contributed by atoms with Crippen molar-refractivity contribution in [2.45, 2.75) is 44.6 Å². The molecule has 1 aromatic rings. The molecule has 1 unspecified atom stereocenters. The quantitative estimate of drug-likeness (QED) is 0.853. The third-order valence-corrected chi connectivity index (χ3v) is 5.52. The number of carbonyl (C=O) groups excluding carboxylic acids is 1. The first-order valence-corrected chi connectivity index (χ1v) is 8.66. The van der Waals surface area contributed by atoms with Crippen LogP contribution in [0.2, 0.25) is 5.02 Å². The van der Waals surface area contributed by atoms with E-state index in [1.165, 1.54) is 25.9 Å². The molecule has 2 aliphatic rings. The summed E-state index contributed by atoms with van der Waals surface area (Å²) in [4.78, 5) is 17.6. The van der Waals surface area contributed by atoms with Crippen molar-refractivity contribution < 1.29 is 4.79 Å². The zero-order chi connectivity index (χ0) is 15.7. The largest absolute Gasteiger partial charge is 0.340 e. The van der Waals surface area contributed by atoms with Crippen LogP contribution in [-0.4, -0.2) is 47.9 Å². The molecule has 2 saturated heterocycles. The number of rotatable bonds is 3. The smallest absolute Gasteiger partial charge is 0.232 e. The Kier molecular flexibility index (Phi) is 4.47. The first-order chi connectivity index (χ1) is 10.5. The van der Waals surface area contributed by atoms with Crippen molar-refractivity contribution in [1.29, 1.82) is 0 Å². The highest BCUT2D eigenvalue weighted by molar-refractivity contribution is 6.31. The lowest BCUT2D eigenvalue weighted by Gasteiger charge is -2.31. The van der Waals surface area contributed by atoms with E-state index in [-0.39, 0.29) is 5.91 Å². The van der Waals surface area contributed by atoms with E-state index in [2.05, 4.69) is 4.90 Å². The van der Waals surface area contributed by atoms with E-state index in [1.807, 2.05) is 43.0 Å². The number of amides is 1. The van der Waals surface area contributed by atoms with E-state index in [9.17, 15) is 4.79 Å². The van der Waals surface area contributed by atoms with E-state index >= 15 is 0 Å². The Labute approximate surface area is 138 Å². The summed E-state index contributed by atoms with van der Waals surface area (Å²) in [5, 5.41) is 0.677. The second-order valence-electron chi connectivity index (χ2n) is 7.04. The zero-order valence-corrected chi connectivity index (χ0v) is 14.3. The van der Waals surface area contributed by atoms with Crippen LogP contribution in [0.5, 0.6) is 0 Å². The van der Waals surface area contributed by atoms with E-state index in [0.29, 0.717) is 11.1 Å². The summed E-state index contributed by atoms with van der Waals surface area (Å²) < 4.78 is 0. The number of benzene rings is 1. The Bertz CT molecular complexity index is 552. The molecular formula is C18H25ClN2O. The Balaban J connectivity index is 1.72. The molecule has 3 rings (SSSR count). The highest BCUT2D eigenvalue weighted by Crippen LogP contribution is 2.33. The highest BCUT2D eigenvalue weighted by Gasteiger charge is 2.39. The number of carbonyl (C=O) groups is 1. The van der Waals surface area contributed by atoms with Gasteiger partial charge >= 0.3 is 0 Å². The fourth-order valence-corrected chi connectivity index (χ4v) is 4.18. The molecule has 0 N–H and O–H groups in total. The van der Waals surface area contributed by atoms with Gasteiger partial charge in [-0.05, 0) is 57.8 Å². The Morgan fingerprint density at radius 3 is 2.55 bits per heavy atom. The number of hydrogen-bond donors (Lipinski definition) is 0. The van der Waals surface area contributed by atoms with Gasteiger partial charge in [0.2, 0.25) is 5.91 Å². The number of nitrogens with zero attached hydrogens (tertiary/aromatic N) is 2. The van der Waals surface area contributed by atoms with E-state index < -0.39 is 5.41 Å². The molecule has 22 heavy (non-hydrogen) atoms. The standard InChI is InChI=1S/C18H25ClN2O/c1-18(2,15-7-3-4-8-16(15)19)17(22)21-12-9-14(13-21)20-10-5-6-11-20/h3-4,7-8,14H,5-6,9-13H2,1-2H3.